The number of ether oxygens (including phenoxy) is 1. The van der Waals surface area contributed by atoms with E-state index in [0.29, 0.717) is 35.2 Å². The van der Waals surface area contributed by atoms with Gasteiger partial charge in [-0.1, -0.05) is 0 Å². The van der Waals surface area contributed by atoms with Gasteiger partial charge in [0.1, 0.15) is 17.2 Å². The minimum absolute atomic E-state index is 0.104. The van der Waals surface area contributed by atoms with Crippen LogP contribution in [0.3, 0.4) is 0 Å². The van der Waals surface area contributed by atoms with E-state index in [1.165, 1.54) is 12.1 Å². The number of nitrogens with one attached hydrogen (secondary N) is 1. The fraction of sp³-hybridized carbons (Fsp3) is 0.583. The van der Waals surface area contributed by atoms with E-state index in [1.807, 2.05) is 39.5 Å². The number of pyridine rings is 1. The SMILES string of the molecule is Cc1c(N2CC[C@@H]([C@H](C)NC(=O)OC(C)(C)C)C2)c(F)cc2c(O)cc(=O)n(C3CC3)c12. The van der Waals surface area contributed by atoms with E-state index in [9.17, 15) is 14.7 Å². The van der Waals surface area contributed by atoms with Crippen molar-refractivity contribution in [1.82, 2.24) is 9.88 Å². The number of aromatic hydroxyl groups is 1. The zero-order valence-corrected chi connectivity index (χ0v) is 19.4. The normalized spacial score (nSPS) is 19.9. The number of benzene rings is 1. The monoisotopic (exact) mass is 445 g/mol. The van der Waals surface area contributed by atoms with Gasteiger partial charge in [0.2, 0.25) is 0 Å². The molecule has 2 aliphatic rings. The Kier molecular flexibility index (Phi) is 5.59. The second kappa shape index (κ2) is 7.98. The van der Waals surface area contributed by atoms with Gasteiger partial charge >= 0.3 is 6.09 Å². The summed E-state index contributed by atoms with van der Waals surface area (Å²) in [5, 5.41) is 13.6. The molecule has 0 bridgehead atoms. The van der Waals surface area contributed by atoms with Crippen molar-refractivity contribution < 1.29 is 19.0 Å². The molecule has 0 unspecified atom stereocenters. The van der Waals surface area contributed by atoms with E-state index in [4.69, 9.17) is 4.74 Å². The maximum absolute atomic E-state index is 15.3. The molecule has 1 saturated carbocycles. The van der Waals surface area contributed by atoms with Crippen molar-refractivity contribution in [2.75, 3.05) is 18.0 Å². The van der Waals surface area contributed by atoms with Crippen molar-refractivity contribution in [3.8, 4) is 5.75 Å². The molecule has 2 aromatic rings. The Balaban J connectivity index is 1.61. The van der Waals surface area contributed by atoms with E-state index in [1.54, 1.807) is 4.57 Å². The van der Waals surface area contributed by atoms with E-state index >= 15 is 4.39 Å². The van der Waals surface area contributed by atoms with Gasteiger partial charge in [0, 0.05) is 36.6 Å². The quantitative estimate of drug-likeness (QED) is 0.736. The fourth-order valence-electron chi connectivity index (χ4n) is 4.73. The Labute approximate surface area is 187 Å². The topological polar surface area (TPSA) is 83.8 Å². The number of aromatic nitrogens is 1. The van der Waals surface area contributed by atoms with Crippen LogP contribution in [0.25, 0.3) is 10.9 Å². The second-order valence-corrected chi connectivity index (χ2v) is 10.1. The summed E-state index contributed by atoms with van der Waals surface area (Å²) in [5.41, 5.74) is 0.904. The van der Waals surface area contributed by atoms with Gasteiger partial charge in [-0.2, -0.15) is 0 Å². The third-order valence-electron chi connectivity index (χ3n) is 6.38. The van der Waals surface area contributed by atoms with Crippen LogP contribution in [0.1, 0.15) is 58.6 Å². The third-order valence-corrected chi connectivity index (χ3v) is 6.38. The number of carbonyl (C=O) groups is 1. The third kappa shape index (κ3) is 4.27. The van der Waals surface area contributed by atoms with Crippen LogP contribution in [-0.4, -0.2) is 40.5 Å². The fourth-order valence-corrected chi connectivity index (χ4v) is 4.73. The van der Waals surface area contributed by atoms with Crippen molar-refractivity contribution in [3.05, 3.63) is 33.9 Å². The van der Waals surface area contributed by atoms with Crippen LogP contribution in [-0.2, 0) is 4.74 Å². The minimum atomic E-state index is -0.570. The van der Waals surface area contributed by atoms with Gasteiger partial charge in [0.05, 0.1) is 11.2 Å². The number of alkyl carbamates (subject to hydrolysis) is 1. The molecule has 0 spiro atoms. The van der Waals surface area contributed by atoms with E-state index in [-0.39, 0.29) is 29.3 Å². The maximum atomic E-state index is 15.3. The smallest absolute Gasteiger partial charge is 0.407 e. The number of carbonyl (C=O) groups excluding carboxylic acids is 1. The predicted octanol–water partition coefficient (Wildman–Crippen LogP) is 4.23. The Morgan fingerprint density at radius 3 is 2.59 bits per heavy atom. The largest absolute Gasteiger partial charge is 0.507 e. The number of halogens is 1. The predicted molar refractivity (Wildman–Crippen MR) is 122 cm³/mol. The highest BCUT2D eigenvalue weighted by Gasteiger charge is 2.33. The zero-order valence-electron chi connectivity index (χ0n) is 19.4. The first kappa shape index (κ1) is 22.4. The van der Waals surface area contributed by atoms with Crippen LogP contribution in [0.4, 0.5) is 14.9 Å². The maximum Gasteiger partial charge on any atom is 0.407 e. The average Bonchev–Trinajstić information content (AvgIpc) is 3.37. The molecule has 0 radical (unpaired) electrons. The molecule has 2 heterocycles. The molecule has 174 valence electrons. The average molecular weight is 446 g/mol. The van der Waals surface area contributed by atoms with E-state index < -0.39 is 17.5 Å². The second-order valence-electron chi connectivity index (χ2n) is 10.1. The van der Waals surface area contributed by atoms with Crippen molar-refractivity contribution in [1.29, 1.82) is 0 Å². The molecule has 1 aromatic carbocycles. The van der Waals surface area contributed by atoms with Crippen LogP contribution < -0.4 is 15.8 Å². The van der Waals surface area contributed by atoms with Gasteiger partial charge in [0.25, 0.3) is 5.56 Å². The number of hydrogen-bond acceptors (Lipinski definition) is 5. The van der Waals surface area contributed by atoms with E-state index in [2.05, 4.69) is 5.32 Å². The number of fused-ring (bicyclic) bond motifs is 1. The van der Waals surface area contributed by atoms with Crippen LogP contribution >= 0.6 is 0 Å². The molecule has 1 amide bonds. The minimum Gasteiger partial charge on any atom is -0.507 e. The first-order chi connectivity index (χ1) is 15.0. The number of rotatable bonds is 4. The summed E-state index contributed by atoms with van der Waals surface area (Å²) in [6.45, 7) is 10.4. The Hall–Kier alpha value is -2.77. The molecule has 2 fully saturated rings. The molecule has 8 heteroatoms. The zero-order chi connectivity index (χ0) is 23.4. The lowest BCUT2D eigenvalue weighted by Crippen LogP contribution is -2.42. The standard InChI is InChI=1S/C24H32FN3O4/c1-13-21-17(19(29)11-20(30)28(21)16-6-7-16)10-18(25)22(13)27-9-8-15(12-27)14(2)26-23(31)32-24(3,4)5/h10-11,14-16,29H,6-9,12H2,1-5H3,(H,26,31)/t14-,15+/m0/s1. The Bertz CT molecular complexity index is 1120. The molecular weight excluding hydrogens is 413 g/mol. The first-order valence-corrected chi connectivity index (χ1v) is 11.3. The molecule has 2 N–H and O–H groups in total. The van der Waals surface area contributed by atoms with Crippen LogP contribution in [0.2, 0.25) is 0 Å². The summed E-state index contributed by atoms with van der Waals surface area (Å²) < 4.78 is 22.3. The van der Waals surface area contributed by atoms with Crippen molar-refractivity contribution >= 4 is 22.7 Å². The summed E-state index contributed by atoms with van der Waals surface area (Å²) >= 11 is 0. The summed E-state index contributed by atoms with van der Waals surface area (Å²) in [5.74, 6) is -0.476. The highest BCUT2D eigenvalue weighted by Crippen LogP contribution is 2.42. The van der Waals surface area contributed by atoms with Crippen molar-refractivity contribution in [3.63, 3.8) is 0 Å². The Morgan fingerprint density at radius 1 is 1.28 bits per heavy atom. The Morgan fingerprint density at radius 2 is 1.97 bits per heavy atom. The number of amides is 1. The van der Waals surface area contributed by atoms with Crippen molar-refractivity contribution in [2.24, 2.45) is 5.92 Å². The number of aryl methyl sites for hydroxylation is 1. The molecule has 4 rings (SSSR count). The van der Waals surface area contributed by atoms with Gasteiger partial charge in [0.15, 0.2) is 0 Å². The first-order valence-electron chi connectivity index (χ1n) is 11.3. The molecule has 7 nitrogen and oxygen atoms in total. The van der Waals surface area contributed by atoms with Crippen LogP contribution in [0.5, 0.6) is 5.75 Å². The van der Waals surface area contributed by atoms with Crippen LogP contribution in [0, 0.1) is 18.7 Å². The molecule has 2 atom stereocenters. The summed E-state index contributed by atoms with van der Waals surface area (Å²) in [7, 11) is 0. The number of hydrogen-bond donors (Lipinski definition) is 2. The number of nitrogens with zero attached hydrogens (tertiary/aromatic N) is 2. The number of anilines is 1. The molecule has 1 saturated heterocycles. The molecule has 1 aliphatic carbocycles. The van der Waals surface area contributed by atoms with E-state index in [0.717, 1.165) is 19.3 Å². The molecule has 32 heavy (non-hydrogen) atoms. The molecule has 1 aromatic heterocycles. The summed E-state index contributed by atoms with van der Waals surface area (Å²) in [6, 6.07) is 2.48. The highest BCUT2D eigenvalue weighted by molar-refractivity contribution is 5.92. The lowest BCUT2D eigenvalue weighted by atomic mass is 10.0. The lowest BCUT2D eigenvalue weighted by Gasteiger charge is -2.26. The van der Waals surface area contributed by atoms with Gasteiger partial charge in [-0.25, -0.2) is 9.18 Å². The van der Waals surface area contributed by atoms with Gasteiger partial charge in [-0.15, -0.1) is 0 Å². The summed E-state index contributed by atoms with van der Waals surface area (Å²) in [4.78, 5) is 26.7. The van der Waals surface area contributed by atoms with Gasteiger partial charge < -0.3 is 24.6 Å². The van der Waals surface area contributed by atoms with Gasteiger partial charge in [-0.3, -0.25) is 4.79 Å². The highest BCUT2D eigenvalue weighted by atomic mass is 19.1. The molecule has 1 aliphatic heterocycles. The van der Waals surface area contributed by atoms with Crippen LogP contribution in [0.15, 0.2) is 16.9 Å². The molecular formula is C24H32FN3O4. The van der Waals surface area contributed by atoms with Crippen molar-refractivity contribution in [2.45, 2.75) is 71.6 Å². The van der Waals surface area contributed by atoms with Gasteiger partial charge in [-0.05, 0) is 71.4 Å². The summed E-state index contributed by atoms with van der Waals surface area (Å²) in [6.07, 6.45) is 2.15. The lowest BCUT2D eigenvalue weighted by molar-refractivity contribution is 0.0494.